The first kappa shape index (κ1) is 18.4. The van der Waals surface area contributed by atoms with Crippen molar-refractivity contribution in [1.82, 2.24) is 4.72 Å². The average molecular weight is 356 g/mol. The van der Waals surface area contributed by atoms with Gasteiger partial charge in [-0.3, -0.25) is 9.59 Å². The van der Waals surface area contributed by atoms with E-state index in [4.69, 9.17) is 9.84 Å². The van der Waals surface area contributed by atoms with Crippen LogP contribution in [0, 0.1) is 0 Å². The highest BCUT2D eigenvalue weighted by molar-refractivity contribution is 7.89. The van der Waals surface area contributed by atoms with E-state index in [-0.39, 0.29) is 30.4 Å². The lowest BCUT2D eigenvalue weighted by atomic mass is 10.2. The minimum Gasteiger partial charge on any atom is -0.481 e. The first-order valence-electron chi connectivity index (χ1n) is 7.60. The summed E-state index contributed by atoms with van der Waals surface area (Å²) in [6, 6.07) is 5.67. The molecule has 132 valence electrons. The van der Waals surface area contributed by atoms with Crippen molar-refractivity contribution >= 4 is 27.6 Å². The van der Waals surface area contributed by atoms with Crippen molar-refractivity contribution in [3.05, 3.63) is 24.3 Å². The molecular weight excluding hydrogens is 336 g/mol. The zero-order chi connectivity index (χ0) is 17.6. The maximum absolute atomic E-state index is 12.2. The summed E-state index contributed by atoms with van der Waals surface area (Å²) in [5, 5.41) is 11.0. The molecule has 1 heterocycles. The zero-order valence-electron chi connectivity index (χ0n) is 13.0. The van der Waals surface area contributed by atoms with Gasteiger partial charge in [0.25, 0.3) is 0 Å². The molecule has 0 aromatic heterocycles. The number of rotatable bonds is 8. The van der Waals surface area contributed by atoms with E-state index in [2.05, 4.69) is 10.0 Å². The van der Waals surface area contributed by atoms with E-state index in [1.165, 1.54) is 24.3 Å². The summed E-state index contributed by atoms with van der Waals surface area (Å²) in [5.74, 6) is -1.49. The van der Waals surface area contributed by atoms with E-state index in [1.807, 2.05) is 0 Å². The van der Waals surface area contributed by atoms with Crippen molar-refractivity contribution < 1.29 is 27.9 Å². The molecule has 0 aliphatic carbocycles. The van der Waals surface area contributed by atoms with Crippen molar-refractivity contribution in [1.29, 1.82) is 0 Å². The van der Waals surface area contributed by atoms with Crippen molar-refractivity contribution in [2.45, 2.75) is 36.7 Å². The van der Waals surface area contributed by atoms with Crippen LogP contribution in [0.25, 0.3) is 0 Å². The van der Waals surface area contributed by atoms with Crippen molar-refractivity contribution in [2.24, 2.45) is 0 Å². The summed E-state index contributed by atoms with van der Waals surface area (Å²) in [4.78, 5) is 22.0. The number of hydrogen-bond donors (Lipinski definition) is 3. The van der Waals surface area contributed by atoms with Crippen molar-refractivity contribution in [2.75, 3.05) is 18.5 Å². The van der Waals surface area contributed by atoms with Crippen LogP contribution in [-0.2, 0) is 24.3 Å². The predicted octanol–water partition coefficient (Wildman–Crippen LogP) is 0.947. The van der Waals surface area contributed by atoms with E-state index < -0.39 is 21.9 Å². The molecule has 9 heteroatoms. The number of anilines is 1. The third kappa shape index (κ3) is 5.59. The Balaban J connectivity index is 1.90. The topological polar surface area (TPSA) is 122 Å². The Morgan fingerprint density at radius 2 is 1.92 bits per heavy atom. The normalized spacial score (nSPS) is 17.6. The number of carboxylic acid groups (broad SMARTS) is 1. The lowest BCUT2D eigenvalue weighted by Gasteiger charge is -2.12. The van der Waals surface area contributed by atoms with Gasteiger partial charge in [0.2, 0.25) is 15.9 Å². The zero-order valence-corrected chi connectivity index (χ0v) is 13.8. The van der Waals surface area contributed by atoms with E-state index >= 15 is 0 Å². The molecule has 24 heavy (non-hydrogen) atoms. The summed E-state index contributed by atoms with van der Waals surface area (Å²) in [7, 11) is -3.63. The molecular formula is C15H20N2O6S. The first-order chi connectivity index (χ1) is 11.4. The van der Waals surface area contributed by atoms with Gasteiger partial charge in [0.05, 0.1) is 17.4 Å². The third-order valence-corrected chi connectivity index (χ3v) is 4.98. The van der Waals surface area contributed by atoms with Gasteiger partial charge in [0.15, 0.2) is 0 Å². The molecule has 1 aliphatic heterocycles. The maximum Gasteiger partial charge on any atom is 0.303 e. The van der Waals surface area contributed by atoms with E-state index in [0.29, 0.717) is 12.3 Å². The molecule has 2 rings (SSSR count). The number of aliphatic carboxylic acids is 1. The summed E-state index contributed by atoms with van der Waals surface area (Å²) >= 11 is 0. The summed E-state index contributed by atoms with van der Waals surface area (Å²) < 4.78 is 32.2. The summed E-state index contributed by atoms with van der Waals surface area (Å²) in [6.07, 6.45) is 1.28. The van der Waals surface area contributed by atoms with Gasteiger partial charge in [-0.25, -0.2) is 13.1 Å². The van der Waals surface area contributed by atoms with Crippen LogP contribution in [-0.4, -0.2) is 44.7 Å². The standard InChI is InChI=1S/C15H20N2O6S/c18-14(7-8-15(19)20)17-11-3-5-13(6-4-11)24(21,22)16-10-12-2-1-9-23-12/h3-6,12,16H,1-2,7-10H2,(H,17,18)(H,19,20). The molecule has 1 fully saturated rings. The van der Waals surface area contributed by atoms with Gasteiger partial charge in [0.1, 0.15) is 0 Å². The second-order valence-electron chi connectivity index (χ2n) is 5.45. The number of sulfonamides is 1. The lowest BCUT2D eigenvalue weighted by Crippen LogP contribution is -2.31. The van der Waals surface area contributed by atoms with Crippen LogP contribution in [0.15, 0.2) is 29.2 Å². The Morgan fingerprint density at radius 1 is 1.21 bits per heavy atom. The minimum absolute atomic E-state index is 0.0871. The second-order valence-corrected chi connectivity index (χ2v) is 7.22. The van der Waals surface area contributed by atoms with Crippen molar-refractivity contribution in [3.8, 4) is 0 Å². The highest BCUT2D eigenvalue weighted by atomic mass is 32.2. The third-order valence-electron chi connectivity index (χ3n) is 3.54. The fourth-order valence-electron chi connectivity index (χ4n) is 2.25. The van der Waals surface area contributed by atoms with Crippen LogP contribution in [0.5, 0.6) is 0 Å². The van der Waals surface area contributed by atoms with Gasteiger partial charge in [-0.15, -0.1) is 0 Å². The van der Waals surface area contributed by atoms with Crippen LogP contribution < -0.4 is 10.0 Å². The van der Waals surface area contributed by atoms with Gasteiger partial charge < -0.3 is 15.2 Å². The van der Waals surface area contributed by atoms with Crippen LogP contribution in [0.1, 0.15) is 25.7 Å². The van der Waals surface area contributed by atoms with Crippen molar-refractivity contribution in [3.63, 3.8) is 0 Å². The van der Waals surface area contributed by atoms with Crippen LogP contribution in [0.4, 0.5) is 5.69 Å². The molecule has 0 spiro atoms. The number of benzene rings is 1. The Labute approximate surface area is 140 Å². The second kappa shape index (κ2) is 8.22. The average Bonchev–Trinajstić information content (AvgIpc) is 3.05. The smallest absolute Gasteiger partial charge is 0.303 e. The highest BCUT2D eigenvalue weighted by Crippen LogP contribution is 2.16. The lowest BCUT2D eigenvalue weighted by molar-refractivity contribution is -0.138. The van der Waals surface area contributed by atoms with Gasteiger partial charge in [-0.2, -0.15) is 0 Å². The maximum atomic E-state index is 12.2. The van der Waals surface area contributed by atoms with Crippen LogP contribution >= 0.6 is 0 Å². The summed E-state index contributed by atoms with van der Waals surface area (Å²) in [6.45, 7) is 0.888. The molecule has 1 aromatic carbocycles. The van der Waals surface area contributed by atoms with Crippen LogP contribution in [0.2, 0.25) is 0 Å². The molecule has 1 atom stereocenters. The Bertz CT molecular complexity index is 680. The van der Waals surface area contributed by atoms with Crippen LogP contribution in [0.3, 0.4) is 0 Å². The molecule has 1 aromatic rings. The Morgan fingerprint density at radius 3 is 2.50 bits per heavy atom. The fourth-order valence-corrected chi connectivity index (χ4v) is 3.32. The molecule has 1 unspecified atom stereocenters. The number of carboxylic acids is 1. The van der Waals surface area contributed by atoms with Gasteiger partial charge in [0, 0.05) is 25.3 Å². The van der Waals surface area contributed by atoms with Gasteiger partial charge >= 0.3 is 5.97 Å². The predicted molar refractivity (Wildman–Crippen MR) is 86.1 cm³/mol. The molecule has 0 bridgehead atoms. The Hall–Kier alpha value is -1.97. The molecule has 1 saturated heterocycles. The molecule has 1 aliphatic rings. The van der Waals surface area contributed by atoms with Gasteiger partial charge in [-0.05, 0) is 37.1 Å². The van der Waals surface area contributed by atoms with Gasteiger partial charge in [-0.1, -0.05) is 0 Å². The number of carbonyl (C=O) groups is 2. The molecule has 1 amide bonds. The number of ether oxygens (including phenoxy) is 1. The largest absolute Gasteiger partial charge is 0.481 e. The molecule has 0 radical (unpaired) electrons. The van der Waals surface area contributed by atoms with E-state index in [9.17, 15) is 18.0 Å². The quantitative estimate of drug-likeness (QED) is 0.637. The fraction of sp³-hybridized carbons (Fsp3) is 0.467. The van der Waals surface area contributed by atoms with E-state index in [0.717, 1.165) is 12.8 Å². The molecule has 8 nitrogen and oxygen atoms in total. The molecule has 0 saturated carbocycles. The van der Waals surface area contributed by atoms with E-state index in [1.54, 1.807) is 0 Å². The number of amides is 1. The number of nitrogens with one attached hydrogen (secondary N) is 2. The monoisotopic (exact) mass is 356 g/mol. The molecule has 3 N–H and O–H groups in total. The minimum atomic E-state index is -3.63. The Kier molecular flexibility index (Phi) is 6.29. The summed E-state index contributed by atoms with van der Waals surface area (Å²) in [5.41, 5.74) is 0.406. The number of carbonyl (C=O) groups excluding carboxylic acids is 1. The highest BCUT2D eigenvalue weighted by Gasteiger charge is 2.20. The number of hydrogen-bond acceptors (Lipinski definition) is 5. The first-order valence-corrected chi connectivity index (χ1v) is 9.08. The SMILES string of the molecule is O=C(O)CCC(=O)Nc1ccc(S(=O)(=O)NCC2CCCO2)cc1.